The third-order valence-corrected chi connectivity index (χ3v) is 8.42. The predicted octanol–water partition coefficient (Wildman–Crippen LogP) is 4.56. The number of carbonyl (C=O) groups excluding carboxylic acids is 1. The molecule has 1 saturated heterocycles. The summed E-state index contributed by atoms with van der Waals surface area (Å²) >= 11 is 7.76. The van der Waals surface area contributed by atoms with Crippen molar-refractivity contribution in [3.05, 3.63) is 45.2 Å². The molecule has 0 bridgehead atoms. The molecule has 1 N–H and O–H groups in total. The molecule has 1 atom stereocenters. The number of hydrogen-bond donors (Lipinski definition) is 1. The van der Waals surface area contributed by atoms with Gasteiger partial charge in [0.15, 0.2) is 5.65 Å². The van der Waals surface area contributed by atoms with Gasteiger partial charge in [-0.25, -0.2) is 4.98 Å². The minimum absolute atomic E-state index is 0.136. The third kappa shape index (κ3) is 4.44. The van der Waals surface area contributed by atoms with Crippen molar-refractivity contribution >= 4 is 60.9 Å². The summed E-state index contributed by atoms with van der Waals surface area (Å²) in [5.41, 5.74) is 1.10. The van der Waals surface area contributed by atoms with Crippen LogP contribution in [0.4, 0.5) is 5.95 Å². The number of halogens is 1. The number of likely N-dealkylation sites (tertiary alicyclic amines) is 1. The summed E-state index contributed by atoms with van der Waals surface area (Å²) < 4.78 is 2.82. The number of pyridine rings is 1. The fourth-order valence-electron chi connectivity index (χ4n) is 5.12. The molecule has 10 heteroatoms. The van der Waals surface area contributed by atoms with Crippen LogP contribution in [0.25, 0.3) is 26.1 Å². The van der Waals surface area contributed by atoms with Gasteiger partial charge in [-0.3, -0.25) is 14.0 Å². The van der Waals surface area contributed by atoms with Crippen molar-refractivity contribution < 1.29 is 4.79 Å². The fraction of sp³-hybridized carbons (Fsp3) is 0.462. The maximum atomic E-state index is 13.7. The van der Waals surface area contributed by atoms with Crippen LogP contribution in [0.2, 0.25) is 5.02 Å². The lowest BCUT2D eigenvalue weighted by Gasteiger charge is -2.20. The summed E-state index contributed by atoms with van der Waals surface area (Å²) in [6, 6.07) is 6.05. The molecular formula is C26H31ClN6O2S. The molecule has 4 heterocycles. The zero-order valence-electron chi connectivity index (χ0n) is 20.9. The topological polar surface area (TPSA) is 82.8 Å². The van der Waals surface area contributed by atoms with Crippen molar-refractivity contribution in [2.24, 2.45) is 0 Å². The van der Waals surface area contributed by atoms with Crippen molar-refractivity contribution in [1.29, 1.82) is 0 Å². The third-order valence-electron chi connectivity index (χ3n) is 7.04. The number of anilines is 1. The van der Waals surface area contributed by atoms with Gasteiger partial charge in [0.05, 0.1) is 15.6 Å². The maximum Gasteiger partial charge on any atom is 0.258 e. The van der Waals surface area contributed by atoms with E-state index in [-0.39, 0.29) is 16.9 Å². The summed E-state index contributed by atoms with van der Waals surface area (Å²) in [6.07, 6.45) is 5.69. The van der Waals surface area contributed by atoms with Gasteiger partial charge in [0.25, 0.3) is 5.91 Å². The van der Waals surface area contributed by atoms with E-state index in [2.05, 4.69) is 41.0 Å². The van der Waals surface area contributed by atoms with Crippen LogP contribution in [0.15, 0.2) is 29.2 Å². The Bertz CT molecular complexity index is 1500. The quantitative estimate of drug-likeness (QED) is 0.362. The zero-order valence-corrected chi connectivity index (χ0v) is 22.5. The molecule has 190 valence electrons. The van der Waals surface area contributed by atoms with Gasteiger partial charge in [-0.15, -0.1) is 11.3 Å². The Labute approximate surface area is 218 Å². The highest BCUT2D eigenvalue weighted by atomic mass is 35.5. The Morgan fingerprint density at radius 3 is 2.89 bits per heavy atom. The minimum Gasteiger partial charge on any atom is -0.352 e. The summed E-state index contributed by atoms with van der Waals surface area (Å²) in [5.74, 6) is 0.210. The second kappa shape index (κ2) is 10.3. The molecule has 1 unspecified atom stereocenters. The van der Waals surface area contributed by atoms with E-state index < -0.39 is 0 Å². The number of thiazole rings is 1. The fourth-order valence-corrected chi connectivity index (χ4v) is 6.45. The van der Waals surface area contributed by atoms with Crippen LogP contribution in [0, 0.1) is 0 Å². The zero-order chi connectivity index (χ0) is 25.4. The van der Waals surface area contributed by atoms with Crippen molar-refractivity contribution in [2.75, 3.05) is 38.1 Å². The van der Waals surface area contributed by atoms with Crippen LogP contribution >= 0.6 is 22.9 Å². The Balaban J connectivity index is 1.64. The molecule has 0 spiro atoms. The number of nitrogens with one attached hydrogen (secondary N) is 1. The maximum absolute atomic E-state index is 13.7. The number of amides is 1. The van der Waals surface area contributed by atoms with Crippen molar-refractivity contribution in [3.63, 3.8) is 0 Å². The van der Waals surface area contributed by atoms with E-state index >= 15 is 0 Å². The van der Waals surface area contributed by atoms with Gasteiger partial charge >= 0.3 is 0 Å². The number of fused-ring (bicyclic) bond motifs is 5. The average Bonchev–Trinajstić information content (AvgIpc) is 3.45. The second-order valence-electron chi connectivity index (χ2n) is 9.37. The highest BCUT2D eigenvalue weighted by Gasteiger charge is 2.25. The molecule has 5 rings (SSSR count). The van der Waals surface area contributed by atoms with E-state index in [0.29, 0.717) is 39.4 Å². The van der Waals surface area contributed by atoms with Crippen LogP contribution in [0.5, 0.6) is 0 Å². The van der Waals surface area contributed by atoms with Crippen LogP contribution < -0.4 is 15.6 Å². The van der Waals surface area contributed by atoms with E-state index in [4.69, 9.17) is 16.6 Å². The Hall–Kier alpha value is -2.75. The number of carbonyl (C=O) groups is 1. The number of aromatic nitrogens is 3. The van der Waals surface area contributed by atoms with E-state index in [0.717, 1.165) is 49.1 Å². The first kappa shape index (κ1) is 24.9. The van der Waals surface area contributed by atoms with Crippen LogP contribution in [-0.4, -0.2) is 64.4 Å². The molecule has 1 aliphatic rings. The van der Waals surface area contributed by atoms with Gasteiger partial charge in [-0.2, -0.15) is 4.98 Å². The van der Waals surface area contributed by atoms with Gasteiger partial charge in [0.1, 0.15) is 10.4 Å². The number of rotatable bonds is 8. The molecule has 1 aliphatic heterocycles. The molecule has 4 aromatic rings. The first-order valence-corrected chi connectivity index (χ1v) is 13.8. The van der Waals surface area contributed by atoms with E-state index in [1.165, 1.54) is 17.8 Å². The minimum atomic E-state index is -0.358. The average molecular weight is 527 g/mol. The first-order chi connectivity index (χ1) is 17.4. The monoisotopic (exact) mass is 526 g/mol. The second-order valence-corrected chi connectivity index (χ2v) is 10.8. The molecule has 36 heavy (non-hydrogen) atoms. The van der Waals surface area contributed by atoms with Gasteiger partial charge in [0, 0.05) is 36.9 Å². The largest absolute Gasteiger partial charge is 0.352 e. The molecule has 0 aliphatic carbocycles. The Morgan fingerprint density at radius 2 is 2.17 bits per heavy atom. The lowest BCUT2D eigenvalue weighted by atomic mass is 10.1. The molecule has 1 fully saturated rings. The van der Waals surface area contributed by atoms with Crippen molar-refractivity contribution in [2.45, 2.75) is 45.6 Å². The first-order valence-electron chi connectivity index (χ1n) is 12.6. The summed E-state index contributed by atoms with van der Waals surface area (Å²) in [6.45, 7) is 7.34. The number of nitrogens with zero attached hydrogens (tertiary/aromatic N) is 5. The number of benzene rings is 1. The highest BCUT2D eigenvalue weighted by Crippen LogP contribution is 2.32. The normalized spacial score (nSPS) is 16.4. The summed E-state index contributed by atoms with van der Waals surface area (Å²) in [5, 5.41) is 3.91. The van der Waals surface area contributed by atoms with Crippen LogP contribution in [-0.2, 0) is 0 Å². The molecule has 0 saturated carbocycles. The highest BCUT2D eigenvalue weighted by molar-refractivity contribution is 7.24. The van der Waals surface area contributed by atoms with E-state index in [1.807, 2.05) is 22.6 Å². The van der Waals surface area contributed by atoms with E-state index in [1.54, 1.807) is 6.20 Å². The van der Waals surface area contributed by atoms with Crippen LogP contribution in [0.1, 0.15) is 49.9 Å². The lowest BCUT2D eigenvalue weighted by Crippen LogP contribution is -2.34. The predicted molar refractivity (Wildman–Crippen MR) is 148 cm³/mol. The van der Waals surface area contributed by atoms with Gasteiger partial charge in [-0.1, -0.05) is 18.5 Å². The SMILES string of the molecule is CCCN(CC)c1ncc2c(=O)c(C(=O)NCCC3CCCN3C)c3sc4ccc(Cl)cc4n3c2n1. The van der Waals surface area contributed by atoms with E-state index in [9.17, 15) is 9.59 Å². The van der Waals surface area contributed by atoms with Crippen LogP contribution in [0.3, 0.4) is 0 Å². The standard InChI is InChI=1S/C26H31ClN6O2S/c1-4-12-32(5-2)26-29-15-18-22(34)21(24(35)28-11-10-17-7-6-13-31(17)3)25-33(23(18)30-26)19-14-16(27)8-9-20(19)36-25/h8-9,14-15,17H,4-7,10-13H2,1-3H3,(H,28,35). The summed E-state index contributed by atoms with van der Waals surface area (Å²) in [7, 11) is 2.12. The molecule has 3 aromatic heterocycles. The summed E-state index contributed by atoms with van der Waals surface area (Å²) in [4.78, 5) is 41.4. The molecule has 1 amide bonds. The van der Waals surface area contributed by atoms with Gasteiger partial charge < -0.3 is 15.1 Å². The lowest BCUT2D eigenvalue weighted by molar-refractivity contribution is 0.0951. The smallest absolute Gasteiger partial charge is 0.258 e. The molecular weight excluding hydrogens is 496 g/mol. The van der Waals surface area contributed by atoms with Crippen molar-refractivity contribution in [3.8, 4) is 0 Å². The Kier molecular flexibility index (Phi) is 7.14. The molecule has 0 radical (unpaired) electrons. The van der Waals surface area contributed by atoms with Gasteiger partial charge in [-0.05, 0) is 64.4 Å². The molecule has 1 aromatic carbocycles. The number of hydrogen-bond acceptors (Lipinski definition) is 7. The van der Waals surface area contributed by atoms with Gasteiger partial charge in [0.2, 0.25) is 11.4 Å². The Morgan fingerprint density at radius 1 is 1.33 bits per heavy atom. The van der Waals surface area contributed by atoms with Crippen molar-refractivity contribution in [1.82, 2.24) is 24.6 Å². The molecule has 8 nitrogen and oxygen atoms in total.